The first-order valence-corrected chi connectivity index (χ1v) is 9.16. The molecule has 124 valence electrons. The standard InChI is InChI=1S/C19H20N2O2S/c1-24-16-8-6-14(7-9-16)10-11-20-18(22)13-21-12-15-4-2-3-5-17(15)19(21)23/h2-9H,10-13H2,1H3,(H,20,22). The molecule has 1 aliphatic heterocycles. The number of nitrogens with zero attached hydrogens (tertiary/aromatic N) is 1. The lowest BCUT2D eigenvalue weighted by atomic mass is 10.1. The van der Waals surface area contributed by atoms with Gasteiger partial charge in [-0.1, -0.05) is 30.3 Å². The van der Waals surface area contributed by atoms with Crippen LogP contribution in [0, 0.1) is 0 Å². The molecule has 1 N–H and O–H groups in total. The lowest BCUT2D eigenvalue weighted by molar-refractivity contribution is -0.121. The highest BCUT2D eigenvalue weighted by Crippen LogP contribution is 2.21. The molecule has 0 saturated carbocycles. The zero-order valence-electron chi connectivity index (χ0n) is 13.6. The lowest BCUT2D eigenvalue weighted by Crippen LogP contribution is -2.38. The van der Waals surface area contributed by atoms with Gasteiger partial charge in [-0.05, 0) is 42.0 Å². The van der Waals surface area contributed by atoms with Gasteiger partial charge in [0.1, 0.15) is 6.54 Å². The van der Waals surface area contributed by atoms with E-state index in [4.69, 9.17) is 0 Å². The molecule has 2 aromatic carbocycles. The summed E-state index contributed by atoms with van der Waals surface area (Å²) < 4.78 is 0. The van der Waals surface area contributed by atoms with Crippen LogP contribution in [0.25, 0.3) is 0 Å². The van der Waals surface area contributed by atoms with Gasteiger partial charge >= 0.3 is 0 Å². The molecule has 0 saturated heterocycles. The van der Waals surface area contributed by atoms with Crippen LogP contribution >= 0.6 is 11.8 Å². The summed E-state index contributed by atoms with van der Waals surface area (Å²) in [6, 6.07) is 15.8. The Morgan fingerprint density at radius 1 is 1.17 bits per heavy atom. The van der Waals surface area contributed by atoms with E-state index in [9.17, 15) is 9.59 Å². The Labute approximate surface area is 146 Å². The zero-order chi connectivity index (χ0) is 16.9. The van der Waals surface area contributed by atoms with E-state index >= 15 is 0 Å². The molecule has 3 rings (SSSR count). The Balaban J connectivity index is 1.46. The van der Waals surface area contributed by atoms with Gasteiger partial charge in [-0.15, -0.1) is 11.8 Å². The van der Waals surface area contributed by atoms with Crippen LogP contribution in [-0.4, -0.2) is 36.1 Å². The van der Waals surface area contributed by atoms with Crippen LogP contribution in [0.5, 0.6) is 0 Å². The number of carbonyl (C=O) groups excluding carboxylic acids is 2. The van der Waals surface area contributed by atoms with Gasteiger partial charge < -0.3 is 10.2 Å². The highest BCUT2D eigenvalue weighted by molar-refractivity contribution is 7.98. The van der Waals surface area contributed by atoms with Gasteiger partial charge in [0.25, 0.3) is 5.91 Å². The second kappa shape index (κ2) is 7.53. The average Bonchev–Trinajstić information content (AvgIpc) is 2.92. The molecule has 0 atom stereocenters. The number of carbonyl (C=O) groups is 2. The Morgan fingerprint density at radius 3 is 2.62 bits per heavy atom. The fraction of sp³-hybridized carbons (Fsp3) is 0.263. The minimum Gasteiger partial charge on any atom is -0.354 e. The topological polar surface area (TPSA) is 49.4 Å². The smallest absolute Gasteiger partial charge is 0.254 e. The third-order valence-electron chi connectivity index (χ3n) is 4.13. The molecule has 1 aliphatic rings. The van der Waals surface area contributed by atoms with Crippen molar-refractivity contribution in [3.05, 3.63) is 65.2 Å². The van der Waals surface area contributed by atoms with Gasteiger partial charge in [-0.25, -0.2) is 0 Å². The third kappa shape index (κ3) is 3.79. The molecule has 24 heavy (non-hydrogen) atoms. The van der Waals surface area contributed by atoms with Crippen molar-refractivity contribution in [3.63, 3.8) is 0 Å². The SMILES string of the molecule is CSc1ccc(CCNC(=O)CN2Cc3ccccc3C2=O)cc1. The van der Waals surface area contributed by atoms with E-state index in [1.807, 2.05) is 30.5 Å². The van der Waals surface area contributed by atoms with Gasteiger partial charge in [0.05, 0.1) is 0 Å². The van der Waals surface area contributed by atoms with Gasteiger partial charge in [0.15, 0.2) is 0 Å². The number of benzene rings is 2. The van der Waals surface area contributed by atoms with E-state index in [0.717, 1.165) is 12.0 Å². The van der Waals surface area contributed by atoms with Crippen LogP contribution in [0.1, 0.15) is 21.5 Å². The van der Waals surface area contributed by atoms with Crippen LogP contribution in [-0.2, 0) is 17.8 Å². The van der Waals surface area contributed by atoms with Crippen LogP contribution in [0.15, 0.2) is 53.4 Å². The summed E-state index contributed by atoms with van der Waals surface area (Å²) in [4.78, 5) is 27.1. The van der Waals surface area contributed by atoms with E-state index in [2.05, 4.69) is 29.6 Å². The molecule has 5 heteroatoms. The molecule has 0 bridgehead atoms. The number of amides is 2. The summed E-state index contributed by atoms with van der Waals surface area (Å²) in [5.74, 6) is -0.176. The largest absolute Gasteiger partial charge is 0.354 e. The van der Waals surface area contributed by atoms with Crippen LogP contribution in [0.2, 0.25) is 0 Å². The molecule has 2 aromatic rings. The van der Waals surface area contributed by atoms with Gasteiger partial charge in [-0.3, -0.25) is 9.59 Å². The molecular weight excluding hydrogens is 320 g/mol. The molecular formula is C19H20N2O2S. The second-order valence-electron chi connectivity index (χ2n) is 5.77. The Hall–Kier alpha value is -2.27. The molecule has 0 aromatic heterocycles. The maximum absolute atomic E-state index is 12.2. The Kier molecular flexibility index (Phi) is 5.20. The number of hydrogen-bond acceptors (Lipinski definition) is 3. The van der Waals surface area contributed by atoms with E-state index in [-0.39, 0.29) is 18.4 Å². The van der Waals surface area contributed by atoms with Gasteiger partial charge in [0.2, 0.25) is 5.91 Å². The predicted octanol–water partition coefficient (Wildman–Crippen LogP) is 2.72. The summed E-state index contributed by atoms with van der Waals surface area (Å²) in [6.45, 7) is 1.20. The summed E-state index contributed by atoms with van der Waals surface area (Å²) in [5, 5.41) is 2.90. The second-order valence-corrected chi connectivity index (χ2v) is 6.65. The molecule has 4 nitrogen and oxygen atoms in total. The zero-order valence-corrected chi connectivity index (χ0v) is 14.4. The molecule has 2 amide bonds. The minimum absolute atomic E-state index is 0.0617. The van der Waals surface area contributed by atoms with Gasteiger partial charge in [-0.2, -0.15) is 0 Å². The lowest BCUT2D eigenvalue weighted by Gasteiger charge is -2.15. The van der Waals surface area contributed by atoms with Crippen molar-refractivity contribution in [1.82, 2.24) is 10.2 Å². The molecule has 0 spiro atoms. The summed E-state index contributed by atoms with van der Waals surface area (Å²) in [6.07, 6.45) is 2.84. The van der Waals surface area contributed by atoms with E-state index in [1.165, 1.54) is 10.5 Å². The van der Waals surface area contributed by atoms with Crippen molar-refractivity contribution in [1.29, 1.82) is 0 Å². The molecule has 1 heterocycles. The molecule has 0 fully saturated rings. The van der Waals surface area contributed by atoms with Crippen LogP contribution < -0.4 is 5.32 Å². The fourth-order valence-electron chi connectivity index (χ4n) is 2.81. The Bertz CT molecular complexity index is 743. The molecule has 0 radical (unpaired) electrons. The van der Waals surface area contributed by atoms with E-state index in [0.29, 0.717) is 18.7 Å². The summed E-state index contributed by atoms with van der Waals surface area (Å²) in [7, 11) is 0. The number of rotatable bonds is 6. The first kappa shape index (κ1) is 16.6. The van der Waals surface area contributed by atoms with Crippen molar-refractivity contribution in [2.24, 2.45) is 0 Å². The third-order valence-corrected chi connectivity index (χ3v) is 4.87. The number of fused-ring (bicyclic) bond motifs is 1. The maximum Gasteiger partial charge on any atom is 0.254 e. The van der Waals surface area contributed by atoms with Crippen molar-refractivity contribution in [3.8, 4) is 0 Å². The molecule has 0 aliphatic carbocycles. The normalized spacial score (nSPS) is 13.0. The average molecular weight is 340 g/mol. The first-order chi connectivity index (χ1) is 11.7. The van der Waals surface area contributed by atoms with Gasteiger partial charge in [0, 0.05) is 23.5 Å². The highest BCUT2D eigenvalue weighted by atomic mass is 32.2. The maximum atomic E-state index is 12.2. The minimum atomic E-state index is -0.114. The molecule has 0 unspecified atom stereocenters. The fourth-order valence-corrected chi connectivity index (χ4v) is 3.22. The highest BCUT2D eigenvalue weighted by Gasteiger charge is 2.27. The van der Waals surface area contributed by atoms with Crippen LogP contribution in [0.4, 0.5) is 0 Å². The van der Waals surface area contributed by atoms with Crippen molar-refractivity contribution in [2.75, 3.05) is 19.3 Å². The van der Waals surface area contributed by atoms with E-state index in [1.54, 1.807) is 16.7 Å². The van der Waals surface area contributed by atoms with Crippen LogP contribution in [0.3, 0.4) is 0 Å². The monoisotopic (exact) mass is 340 g/mol. The Morgan fingerprint density at radius 2 is 1.92 bits per heavy atom. The van der Waals surface area contributed by atoms with Crippen molar-refractivity contribution >= 4 is 23.6 Å². The number of thioether (sulfide) groups is 1. The summed E-state index contributed by atoms with van der Waals surface area (Å²) in [5.41, 5.74) is 2.89. The van der Waals surface area contributed by atoms with Crippen molar-refractivity contribution < 1.29 is 9.59 Å². The van der Waals surface area contributed by atoms with E-state index < -0.39 is 0 Å². The first-order valence-electron chi connectivity index (χ1n) is 7.94. The van der Waals surface area contributed by atoms with Crippen molar-refractivity contribution in [2.45, 2.75) is 17.9 Å². The summed E-state index contributed by atoms with van der Waals surface area (Å²) >= 11 is 1.71. The predicted molar refractivity (Wildman–Crippen MR) is 96.1 cm³/mol. The number of hydrogen-bond donors (Lipinski definition) is 1. The quantitative estimate of drug-likeness (QED) is 0.823. The number of nitrogens with one attached hydrogen (secondary N) is 1.